The molecule has 0 radical (unpaired) electrons. The first-order valence-corrected chi connectivity index (χ1v) is 5.84. The number of anilines is 1. The average Bonchev–Trinajstić information content (AvgIpc) is 2.83. The molecule has 0 aliphatic carbocycles. The minimum Gasteiger partial charge on any atom is -0.353 e. The van der Waals surface area contributed by atoms with Gasteiger partial charge in [-0.2, -0.15) is 4.37 Å². The van der Waals surface area contributed by atoms with Gasteiger partial charge in [0.1, 0.15) is 12.2 Å². The molecule has 7 heteroatoms. The molecule has 0 aliphatic heterocycles. The average molecular weight is 238 g/mol. The number of hydrogen-bond acceptors (Lipinski definition) is 6. The minimum atomic E-state index is 0.363. The lowest BCUT2D eigenvalue weighted by Crippen LogP contribution is -2.05. The van der Waals surface area contributed by atoms with Gasteiger partial charge in [0.2, 0.25) is 5.13 Å². The quantitative estimate of drug-likeness (QED) is 0.872. The van der Waals surface area contributed by atoms with Gasteiger partial charge in [-0.15, -0.1) is 10.2 Å². The smallest absolute Gasteiger partial charge is 0.202 e. The molecule has 16 heavy (non-hydrogen) atoms. The highest BCUT2D eigenvalue weighted by atomic mass is 32.1. The van der Waals surface area contributed by atoms with Gasteiger partial charge in [0.15, 0.2) is 5.82 Å². The second-order valence-corrected chi connectivity index (χ2v) is 4.58. The van der Waals surface area contributed by atoms with Crippen molar-refractivity contribution in [3.63, 3.8) is 0 Å². The fraction of sp³-hybridized carbons (Fsp3) is 0.556. The Hall–Kier alpha value is -1.50. The van der Waals surface area contributed by atoms with E-state index in [1.54, 1.807) is 6.33 Å². The van der Waals surface area contributed by atoms with Crippen molar-refractivity contribution in [3.05, 3.63) is 18.0 Å². The highest BCUT2D eigenvalue weighted by Gasteiger charge is 2.08. The number of hydrogen-bond donors (Lipinski definition) is 1. The fourth-order valence-corrected chi connectivity index (χ4v) is 1.87. The lowest BCUT2D eigenvalue weighted by molar-refractivity contribution is 0.793. The standard InChI is InChI=1S/C9H14N6S/c1-6(2)8-12-9(16-14-8)10-4-7-13-11-5-15(7)3/h5-6H,4H2,1-3H3,(H,10,12,14). The number of nitrogens with one attached hydrogen (secondary N) is 1. The topological polar surface area (TPSA) is 68.5 Å². The van der Waals surface area contributed by atoms with Crippen molar-refractivity contribution in [2.75, 3.05) is 5.32 Å². The minimum absolute atomic E-state index is 0.363. The molecule has 2 aromatic rings. The Bertz CT molecular complexity index is 460. The third-order valence-electron chi connectivity index (χ3n) is 2.16. The van der Waals surface area contributed by atoms with Crippen LogP contribution in [-0.4, -0.2) is 24.1 Å². The third-order valence-corrected chi connectivity index (χ3v) is 2.85. The Kier molecular flexibility index (Phi) is 3.14. The summed E-state index contributed by atoms with van der Waals surface area (Å²) in [5.41, 5.74) is 0. The van der Waals surface area contributed by atoms with Crippen LogP contribution in [0.1, 0.15) is 31.4 Å². The molecule has 2 heterocycles. The van der Waals surface area contributed by atoms with Gasteiger partial charge in [-0.25, -0.2) is 4.98 Å². The lowest BCUT2D eigenvalue weighted by Gasteiger charge is -2.00. The van der Waals surface area contributed by atoms with Gasteiger partial charge >= 0.3 is 0 Å². The molecule has 0 fully saturated rings. The summed E-state index contributed by atoms with van der Waals surface area (Å²) in [4.78, 5) is 4.38. The molecule has 0 atom stereocenters. The maximum atomic E-state index is 4.38. The van der Waals surface area contributed by atoms with Crippen LogP contribution in [0.3, 0.4) is 0 Å². The molecule has 0 aliphatic rings. The molecule has 0 amide bonds. The molecule has 0 spiro atoms. The largest absolute Gasteiger partial charge is 0.353 e. The van der Waals surface area contributed by atoms with E-state index in [9.17, 15) is 0 Å². The summed E-state index contributed by atoms with van der Waals surface area (Å²) in [6.45, 7) is 4.77. The van der Waals surface area contributed by atoms with Gasteiger partial charge in [0, 0.05) is 24.5 Å². The molecule has 0 bridgehead atoms. The summed E-state index contributed by atoms with van der Waals surface area (Å²) in [5.74, 6) is 2.12. The zero-order valence-electron chi connectivity index (χ0n) is 9.51. The van der Waals surface area contributed by atoms with Crippen LogP contribution >= 0.6 is 11.5 Å². The number of nitrogens with zero attached hydrogens (tertiary/aromatic N) is 5. The van der Waals surface area contributed by atoms with E-state index in [2.05, 4.69) is 38.7 Å². The van der Waals surface area contributed by atoms with Crippen LogP contribution in [0.15, 0.2) is 6.33 Å². The predicted molar refractivity (Wildman–Crippen MR) is 62.3 cm³/mol. The van der Waals surface area contributed by atoms with E-state index in [-0.39, 0.29) is 0 Å². The summed E-state index contributed by atoms with van der Waals surface area (Å²) in [6, 6.07) is 0. The maximum Gasteiger partial charge on any atom is 0.202 e. The Morgan fingerprint density at radius 2 is 2.31 bits per heavy atom. The van der Waals surface area contributed by atoms with Crippen LogP contribution in [0.25, 0.3) is 0 Å². The monoisotopic (exact) mass is 238 g/mol. The molecule has 0 saturated carbocycles. The molecule has 0 aromatic carbocycles. The van der Waals surface area contributed by atoms with Gasteiger partial charge in [-0.3, -0.25) is 0 Å². The Morgan fingerprint density at radius 1 is 1.50 bits per heavy atom. The Labute approximate surface area is 97.9 Å². The molecular weight excluding hydrogens is 224 g/mol. The van der Waals surface area contributed by atoms with Crippen molar-refractivity contribution in [1.29, 1.82) is 0 Å². The molecule has 86 valence electrons. The molecular formula is C9H14N6S. The second kappa shape index (κ2) is 4.56. The highest BCUT2D eigenvalue weighted by Crippen LogP contribution is 2.17. The highest BCUT2D eigenvalue weighted by molar-refractivity contribution is 7.09. The predicted octanol–water partition coefficient (Wildman–Crippen LogP) is 1.40. The normalized spacial score (nSPS) is 11.0. The van der Waals surface area contributed by atoms with E-state index in [1.165, 1.54) is 11.5 Å². The summed E-state index contributed by atoms with van der Waals surface area (Å²) in [5, 5.41) is 11.8. The summed E-state index contributed by atoms with van der Waals surface area (Å²) >= 11 is 1.38. The first kappa shape index (κ1) is 11.0. The van der Waals surface area contributed by atoms with E-state index in [0.717, 1.165) is 16.8 Å². The second-order valence-electron chi connectivity index (χ2n) is 3.82. The van der Waals surface area contributed by atoms with Gasteiger partial charge < -0.3 is 9.88 Å². The van der Waals surface area contributed by atoms with Gasteiger partial charge in [0.25, 0.3) is 0 Å². The van der Waals surface area contributed by atoms with Crippen LogP contribution < -0.4 is 5.32 Å². The zero-order valence-corrected chi connectivity index (χ0v) is 10.3. The van der Waals surface area contributed by atoms with Gasteiger partial charge in [-0.1, -0.05) is 13.8 Å². The SMILES string of the molecule is CC(C)c1nsc(NCc2nncn2C)n1. The van der Waals surface area contributed by atoms with Crippen LogP contribution in [0.4, 0.5) is 5.13 Å². The van der Waals surface area contributed by atoms with Crippen molar-refractivity contribution in [1.82, 2.24) is 24.1 Å². The van der Waals surface area contributed by atoms with Crippen molar-refractivity contribution >= 4 is 16.7 Å². The van der Waals surface area contributed by atoms with Gasteiger partial charge in [0.05, 0.1) is 6.54 Å². The maximum absolute atomic E-state index is 4.38. The van der Waals surface area contributed by atoms with Crippen LogP contribution in [-0.2, 0) is 13.6 Å². The molecule has 2 aromatic heterocycles. The van der Waals surface area contributed by atoms with Gasteiger partial charge in [-0.05, 0) is 0 Å². The van der Waals surface area contributed by atoms with Crippen LogP contribution in [0.2, 0.25) is 0 Å². The number of aryl methyl sites for hydroxylation is 1. The van der Waals surface area contributed by atoms with Crippen LogP contribution in [0, 0.1) is 0 Å². The molecule has 0 unspecified atom stereocenters. The Balaban J connectivity index is 1.97. The van der Waals surface area contributed by atoms with E-state index in [1.807, 2.05) is 11.6 Å². The number of aromatic nitrogens is 5. The van der Waals surface area contributed by atoms with E-state index in [0.29, 0.717) is 12.5 Å². The first-order chi connectivity index (χ1) is 7.66. The lowest BCUT2D eigenvalue weighted by atomic mass is 10.2. The molecule has 0 saturated heterocycles. The molecule has 2 rings (SSSR count). The molecule has 6 nitrogen and oxygen atoms in total. The summed E-state index contributed by atoms with van der Waals surface area (Å²) in [7, 11) is 1.91. The van der Waals surface area contributed by atoms with Crippen molar-refractivity contribution in [3.8, 4) is 0 Å². The fourth-order valence-electron chi connectivity index (χ4n) is 1.16. The van der Waals surface area contributed by atoms with E-state index < -0.39 is 0 Å². The van der Waals surface area contributed by atoms with E-state index >= 15 is 0 Å². The van der Waals surface area contributed by atoms with E-state index in [4.69, 9.17) is 0 Å². The number of rotatable bonds is 4. The third kappa shape index (κ3) is 2.35. The first-order valence-electron chi connectivity index (χ1n) is 5.07. The van der Waals surface area contributed by atoms with Crippen molar-refractivity contribution < 1.29 is 0 Å². The summed E-state index contributed by atoms with van der Waals surface area (Å²) < 4.78 is 6.14. The molecule has 1 N–H and O–H groups in total. The van der Waals surface area contributed by atoms with Crippen LogP contribution in [0.5, 0.6) is 0 Å². The summed E-state index contributed by atoms with van der Waals surface area (Å²) in [6.07, 6.45) is 1.68. The van der Waals surface area contributed by atoms with Crippen molar-refractivity contribution in [2.45, 2.75) is 26.3 Å². The Morgan fingerprint density at radius 3 is 2.88 bits per heavy atom. The zero-order chi connectivity index (χ0) is 11.5. The van der Waals surface area contributed by atoms with Crippen molar-refractivity contribution in [2.24, 2.45) is 7.05 Å².